The minimum absolute atomic E-state index is 0.310. The van der Waals surface area contributed by atoms with Gasteiger partial charge in [-0.2, -0.15) is 0 Å². The quantitative estimate of drug-likeness (QED) is 0.672. The smallest absolute Gasteiger partial charge is 0.137 e. The van der Waals surface area contributed by atoms with Crippen LogP contribution in [0.4, 0.5) is 0 Å². The Morgan fingerprint density at radius 2 is 2.07 bits per heavy atom. The molecule has 1 aliphatic carbocycles. The number of para-hydroxylation sites is 1. The van der Waals surface area contributed by atoms with Gasteiger partial charge in [-0.3, -0.25) is 0 Å². The van der Waals surface area contributed by atoms with Crippen LogP contribution in [0, 0.1) is 0 Å². The Bertz CT molecular complexity index is 387. The van der Waals surface area contributed by atoms with E-state index in [4.69, 9.17) is 10.5 Å². The van der Waals surface area contributed by atoms with Crippen molar-refractivity contribution in [2.75, 3.05) is 0 Å². The van der Waals surface area contributed by atoms with Crippen molar-refractivity contribution in [3.63, 3.8) is 0 Å². The van der Waals surface area contributed by atoms with E-state index >= 15 is 0 Å². The lowest BCUT2D eigenvalue weighted by molar-refractivity contribution is -0.127. The maximum atomic E-state index is 10.1. The summed E-state index contributed by atoms with van der Waals surface area (Å²) < 4.78 is 5.91. The number of hydrogen-bond donors (Lipinski definition) is 2. The first-order valence-corrected chi connectivity index (χ1v) is 5.44. The van der Waals surface area contributed by atoms with Crippen LogP contribution >= 0.6 is 0 Å². The number of hydrogen-bond acceptors (Lipinski definition) is 3. The van der Waals surface area contributed by atoms with E-state index in [9.17, 15) is 5.11 Å². The van der Waals surface area contributed by atoms with E-state index in [2.05, 4.69) is 0 Å². The largest absolute Gasteiger partial charge is 0.484 e. The van der Waals surface area contributed by atoms with E-state index in [1.165, 1.54) is 0 Å². The monoisotopic (exact) mass is 205 g/mol. The number of aliphatic hydroxyl groups excluding tert-OH is 1. The first-order valence-electron chi connectivity index (χ1n) is 5.44. The minimum atomic E-state index is -0.568. The molecule has 1 aromatic rings. The molecule has 2 aliphatic rings. The highest BCUT2D eigenvalue weighted by Crippen LogP contribution is 2.47. The average Bonchev–Trinajstić information content (AvgIpc) is 2.21. The molecule has 1 spiro atoms. The summed E-state index contributed by atoms with van der Waals surface area (Å²) in [5.41, 5.74) is 6.57. The molecule has 1 aliphatic heterocycles. The third kappa shape index (κ3) is 1.13. The molecule has 1 fully saturated rings. The molecule has 0 amide bonds. The van der Waals surface area contributed by atoms with Crippen molar-refractivity contribution < 1.29 is 9.84 Å². The van der Waals surface area contributed by atoms with Crippen molar-refractivity contribution in [1.82, 2.24) is 0 Å². The second-order valence-corrected chi connectivity index (χ2v) is 4.53. The van der Waals surface area contributed by atoms with Gasteiger partial charge < -0.3 is 15.6 Å². The third-order valence-electron chi connectivity index (χ3n) is 3.67. The molecule has 1 heterocycles. The van der Waals surface area contributed by atoms with Crippen LogP contribution in [-0.2, 0) is 0 Å². The Balaban J connectivity index is 2.05. The van der Waals surface area contributed by atoms with Crippen LogP contribution in [0.25, 0.3) is 0 Å². The van der Waals surface area contributed by atoms with Crippen LogP contribution in [0.5, 0.6) is 5.75 Å². The SMILES string of the molecule is N[C@@H]1c2ccccc2OC2(CCC2)[C@H]1O. The van der Waals surface area contributed by atoms with Gasteiger partial charge in [0.15, 0.2) is 0 Å². The Morgan fingerprint density at radius 1 is 1.33 bits per heavy atom. The van der Waals surface area contributed by atoms with E-state index in [0.29, 0.717) is 0 Å². The molecule has 3 nitrogen and oxygen atoms in total. The van der Waals surface area contributed by atoms with Crippen molar-refractivity contribution >= 4 is 0 Å². The highest BCUT2D eigenvalue weighted by atomic mass is 16.5. The van der Waals surface area contributed by atoms with E-state index in [1.54, 1.807) is 0 Å². The molecule has 0 radical (unpaired) electrons. The molecular weight excluding hydrogens is 190 g/mol. The average molecular weight is 205 g/mol. The fourth-order valence-electron chi connectivity index (χ4n) is 2.55. The van der Waals surface area contributed by atoms with Gasteiger partial charge >= 0.3 is 0 Å². The summed E-state index contributed by atoms with van der Waals surface area (Å²) in [6.45, 7) is 0. The highest BCUT2D eigenvalue weighted by molar-refractivity contribution is 5.40. The number of rotatable bonds is 0. The van der Waals surface area contributed by atoms with Crippen molar-refractivity contribution in [1.29, 1.82) is 0 Å². The van der Waals surface area contributed by atoms with Crippen molar-refractivity contribution in [2.45, 2.75) is 37.0 Å². The molecule has 15 heavy (non-hydrogen) atoms. The van der Waals surface area contributed by atoms with Gasteiger partial charge in [0.1, 0.15) is 17.5 Å². The van der Waals surface area contributed by atoms with Crippen molar-refractivity contribution in [3.05, 3.63) is 29.8 Å². The highest BCUT2D eigenvalue weighted by Gasteiger charge is 2.51. The van der Waals surface area contributed by atoms with Crippen LogP contribution < -0.4 is 10.5 Å². The molecule has 80 valence electrons. The Labute approximate surface area is 88.9 Å². The molecule has 3 N–H and O–H groups in total. The Morgan fingerprint density at radius 3 is 2.73 bits per heavy atom. The first kappa shape index (κ1) is 9.19. The normalized spacial score (nSPS) is 31.6. The first-order chi connectivity index (χ1) is 7.23. The molecule has 3 rings (SSSR count). The van der Waals surface area contributed by atoms with Crippen LogP contribution in [0.15, 0.2) is 24.3 Å². The van der Waals surface area contributed by atoms with Gasteiger partial charge in [0.25, 0.3) is 0 Å². The van der Waals surface area contributed by atoms with Crippen molar-refractivity contribution in [3.8, 4) is 5.75 Å². The molecule has 2 atom stereocenters. The van der Waals surface area contributed by atoms with Gasteiger partial charge in [-0.1, -0.05) is 18.2 Å². The van der Waals surface area contributed by atoms with Gasteiger partial charge in [0.2, 0.25) is 0 Å². The molecule has 3 heteroatoms. The molecule has 0 unspecified atom stereocenters. The lowest BCUT2D eigenvalue weighted by Crippen LogP contribution is -2.59. The van der Waals surface area contributed by atoms with Crippen LogP contribution in [-0.4, -0.2) is 16.8 Å². The summed E-state index contributed by atoms with van der Waals surface area (Å²) in [5.74, 6) is 0.843. The lowest BCUT2D eigenvalue weighted by atomic mass is 9.71. The summed E-state index contributed by atoms with van der Waals surface area (Å²) in [7, 11) is 0. The molecule has 0 aromatic heterocycles. The fraction of sp³-hybridized carbons (Fsp3) is 0.500. The molecule has 1 aromatic carbocycles. The zero-order valence-electron chi connectivity index (χ0n) is 8.52. The minimum Gasteiger partial charge on any atom is -0.484 e. The summed E-state index contributed by atoms with van der Waals surface area (Å²) in [4.78, 5) is 0. The number of fused-ring (bicyclic) bond motifs is 1. The predicted molar refractivity (Wildman–Crippen MR) is 56.6 cm³/mol. The third-order valence-corrected chi connectivity index (χ3v) is 3.67. The molecule has 1 saturated carbocycles. The number of nitrogens with two attached hydrogens (primary N) is 1. The van der Waals surface area contributed by atoms with Crippen molar-refractivity contribution in [2.24, 2.45) is 5.73 Å². The molecule has 0 saturated heterocycles. The van der Waals surface area contributed by atoms with Crippen LogP contribution in [0.1, 0.15) is 30.9 Å². The fourth-order valence-corrected chi connectivity index (χ4v) is 2.55. The predicted octanol–water partition coefficient (Wildman–Crippen LogP) is 1.36. The Kier molecular flexibility index (Phi) is 1.82. The maximum Gasteiger partial charge on any atom is 0.137 e. The molecular formula is C12H15NO2. The number of ether oxygens (including phenoxy) is 1. The van der Waals surface area contributed by atoms with Crippen LogP contribution in [0.2, 0.25) is 0 Å². The Hall–Kier alpha value is -1.06. The number of aliphatic hydroxyl groups is 1. The summed E-state index contributed by atoms with van der Waals surface area (Å²) in [5, 5.41) is 10.1. The number of benzene rings is 1. The van der Waals surface area contributed by atoms with Gasteiger partial charge in [-0.05, 0) is 25.3 Å². The van der Waals surface area contributed by atoms with E-state index in [-0.39, 0.29) is 6.04 Å². The standard InChI is InChI=1S/C12H15NO2/c13-10-8-4-1-2-5-9(8)15-12(11(10)14)6-3-7-12/h1-2,4-5,10-11,14H,3,6-7,13H2/t10-,11+/m1/s1. The molecule has 0 bridgehead atoms. The summed E-state index contributed by atoms with van der Waals surface area (Å²) in [6.07, 6.45) is 2.37. The van der Waals surface area contributed by atoms with Gasteiger partial charge in [0.05, 0.1) is 6.04 Å². The second kappa shape index (κ2) is 2.97. The summed E-state index contributed by atoms with van der Waals surface area (Å²) >= 11 is 0. The topological polar surface area (TPSA) is 55.5 Å². The van der Waals surface area contributed by atoms with Crippen LogP contribution in [0.3, 0.4) is 0 Å². The van der Waals surface area contributed by atoms with E-state index in [0.717, 1.165) is 30.6 Å². The zero-order valence-corrected chi connectivity index (χ0v) is 8.52. The van der Waals surface area contributed by atoms with Gasteiger partial charge in [-0.25, -0.2) is 0 Å². The zero-order chi connectivity index (χ0) is 10.5. The maximum absolute atomic E-state index is 10.1. The summed E-state index contributed by atoms with van der Waals surface area (Å²) in [6, 6.07) is 7.41. The second-order valence-electron chi connectivity index (χ2n) is 4.53. The van der Waals surface area contributed by atoms with Gasteiger partial charge in [-0.15, -0.1) is 0 Å². The van der Waals surface area contributed by atoms with Gasteiger partial charge in [0, 0.05) is 5.56 Å². The van der Waals surface area contributed by atoms with E-state index < -0.39 is 11.7 Å². The lowest BCUT2D eigenvalue weighted by Gasteiger charge is -2.50. The van der Waals surface area contributed by atoms with E-state index in [1.807, 2.05) is 24.3 Å².